The molecule has 1 amide bonds. The van der Waals surface area contributed by atoms with Crippen LogP contribution in [0.5, 0.6) is 0 Å². The van der Waals surface area contributed by atoms with Gasteiger partial charge in [0.25, 0.3) is 0 Å². The Morgan fingerprint density at radius 1 is 1.29 bits per heavy atom. The highest BCUT2D eigenvalue weighted by atomic mass is 32.2. The summed E-state index contributed by atoms with van der Waals surface area (Å²) in [5, 5.41) is 0.0958. The van der Waals surface area contributed by atoms with Crippen LogP contribution in [0.25, 0.3) is 11.0 Å². The van der Waals surface area contributed by atoms with E-state index < -0.39 is 21.2 Å². The average molecular weight is 353 g/mol. The number of furan rings is 1. The molecule has 0 spiro atoms. The molecule has 3 rings (SSSR count). The van der Waals surface area contributed by atoms with Crippen LogP contribution in [-0.2, 0) is 26.1 Å². The van der Waals surface area contributed by atoms with Crippen LogP contribution in [0, 0.1) is 0 Å². The van der Waals surface area contributed by atoms with Crippen molar-refractivity contribution in [1.29, 1.82) is 0 Å². The van der Waals surface area contributed by atoms with Crippen molar-refractivity contribution >= 4 is 26.9 Å². The summed E-state index contributed by atoms with van der Waals surface area (Å²) in [4.78, 5) is 12.5. The number of nitrogens with one attached hydrogen (secondary N) is 1. The van der Waals surface area contributed by atoms with Crippen LogP contribution in [0.1, 0.15) is 29.0 Å². The third-order valence-corrected chi connectivity index (χ3v) is 5.85. The highest BCUT2D eigenvalue weighted by molar-refractivity contribution is 7.90. The van der Waals surface area contributed by atoms with Gasteiger partial charge in [-0.05, 0) is 18.9 Å². The van der Waals surface area contributed by atoms with Crippen molar-refractivity contribution in [3.8, 4) is 0 Å². The van der Waals surface area contributed by atoms with Gasteiger partial charge < -0.3 is 13.9 Å². The molecular weight excluding hydrogens is 334 g/mol. The largest absolute Gasteiger partial charge is 0.450 e. The van der Waals surface area contributed by atoms with E-state index in [2.05, 4.69) is 4.72 Å². The third kappa shape index (κ3) is 3.31. The number of rotatable bonds is 5. The molecule has 2 aromatic rings. The monoisotopic (exact) mass is 353 g/mol. The average Bonchev–Trinajstić information content (AvgIpc) is 2.95. The smallest absolute Gasteiger partial charge is 0.300 e. The lowest BCUT2D eigenvalue weighted by atomic mass is 10.1. The highest BCUT2D eigenvalue weighted by Gasteiger charge is 2.31. The number of methoxy groups -OCH3 is 1. The summed E-state index contributed by atoms with van der Waals surface area (Å²) in [6, 6.07) is 7.12. The first-order valence-electron chi connectivity index (χ1n) is 7.66. The molecule has 2 heterocycles. The lowest BCUT2D eigenvalue weighted by Gasteiger charge is -2.22. The predicted molar refractivity (Wildman–Crippen MR) is 87.2 cm³/mol. The number of sulfonamides is 1. The molecule has 1 N–H and O–H groups in total. The zero-order chi connectivity index (χ0) is 17.2. The zero-order valence-corrected chi connectivity index (χ0v) is 14.1. The first-order valence-corrected chi connectivity index (χ1v) is 9.20. The standard InChI is InChI=1S/C16H19NO6S/c1-21-10-13-12-4-2-3-5-14(12)23-15(13)16(18)17-24(19,20)11-6-8-22-9-7-11/h2-5,11H,6-10H2,1H3,(H,17,18). The van der Waals surface area contributed by atoms with Gasteiger partial charge in [0, 0.05) is 31.3 Å². The molecule has 0 unspecified atom stereocenters. The maximum atomic E-state index is 12.5. The molecule has 130 valence electrons. The molecule has 0 atom stereocenters. The Balaban J connectivity index is 1.89. The van der Waals surface area contributed by atoms with Gasteiger partial charge in [-0.15, -0.1) is 0 Å². The van der Waals surface area contributed by atoms with E-state index in [0.29, 0.717) is 37.2 Å². The van der Waals surface area contributed by atoms with Crippen LogP contribution in [0.15, 0.2) is 28.7 Å². The van der Waals surface area contributed by atoms with Crippen LogP contribution >= 0.6 is 0 Å². The van der Waals surface area contributed by atoms with Crippen LogP contribution in [0.4, 0.5) is 0 Å². The van der Waals surface area contributed by atoms with Gasteiger partial charge in [0.15, 0.2) is 5.76 Å². The van der Waals surface area contributed by atoms with E-state index in [1.165, 1.54) is 7.11 Å². The van der Waals surface area contributed by atoms with E-state index in [4.69, 9.17) is 13.9 Å². The number of benzene rings is 1. The van der Waals surface area contributed by atoms with Crippen molar-refractivity contribution in [2.75, 3.05) is 20.3 Å². The molecule has 1 saturated heterocycles. The summed E-state index contributed by atoms with van der Waals surface area (Å²) in [7, 11) is -2.28. The van der Waals surface area contributed by atoms with E-state index in [9.17, 15) is 13.2 Å². The molecule has 7 nitrogen and oxygen atoms in total. The summed E-state index contributed by atoms with van der Waals surface area (Å²) in [5.41, 5.74) is 1.05. The van der Waals surface area contributed by atoms with Gasteiger partial charge in [0.2, 0.25) is 10.0 Å². The van der Waals surface area contributed by atoms with Crippen LogP contribution in [0.3, 0.4) is 0 Å². The number of ether oxygens (including phenoxy) is 2. The Kier molecular flexibility index (Phi) is 4.88. The summed E-state index contributed by atoms with van der Waals surface area (Å²) in [6.45, 7) is 0.899. The van der Waals surface area contributed by atoms with Crippen molar-refractivity contribution in [2.45, 2.75) is 24.7 Å². The minimum atomic E-state index is -3.78. The molecule has 1 aromatic carbocycles. The molecule has 1 aliphatic heterocycles. The lowest BCUT2D eigenvalue weighted by molar-refractivity contribution is 0.0930. The molecule has 24 heavy (non-hydrogen) atoms. The van der Waals surface area contributed by atoms with Crippen molar-refractivity contribution in [3.63, 3.8) is 0 Å². The fourth-order valence-corrected chi connectivity index (χ4v) is 4.15. The van der Waals surface area contributed by atoms with Crippen molar-refractivity contribution in [3.05, 3.63) is 35.6 Å². The number of hydrogen-bond acceptors (Lipinski definition) is 6. The predicted octanol–water partition coefficient (Wildman–Crippen LogP) is 1.82. The van der Waals surface area contributed by atoms with Crippen molar-refractivity contribution < 1.29 is 27.1 Å². The number of fused-ring (bicyclic) bond motifs is 1. The van der Waals surface area contributed by atoms with Gasteiger partial charge in [-0.1, -0.05) is 18.2 Å². The minimum Gasteiger partial charge on any atom is -0.450 e. The number of carbonyl (C=O) groups excluding carboxylic acids is 1. The van der Waals surface area contributed by atoms with Gasteiger partial charge in [0.05, 0.1) is 11.9 Å². The molecule has 0 radical (unpaired) electrons. The minimum absolute atomic E-state index is 0.0336. The SMILES string of the molecule is COCc1c(C(=O)NS(=O)(=O)C2CCOCC2)oc2ccccc12. The molecule has 0 bridgehead atoms. The van der Waals surface area contributed by atoms with Crippen LogP contribution in [-0.4, -0.2) is 39.9 Å². The van der Waals surface area contributed by atoms with Gasteiger partial charge in [-0.3, -0.25) is 4.79 Å². The molecule has 1 aromatic heterocycles. The fraction of sp³-hybridized carbons (Fsp3) is 0.438. The number of carbonyl (C=O) groups is 1. The van der Waals surface area contributed by atoms with Crippen molar-refractivity contribution in [2.24, 2.45) is 0 Å². The highest BCUT2D eigenvalue weighted by Crippen LogP contribution is 2.27. The summed E-state index contributed by atoms with van der Waals surface area (Å²) >= 11 is 0. The second-order valence-electron chi connectivity index (χ2n) is 5.63. The van der Waals surface area contributed by atoms with Gasteiger partial charge >= 0.3 is 5.91 Å². The van der Waals surface area contributed by atoms with E-state index in [-0.39, 0.29) is 12.4 Å². The Hall–Kier alpha value is -1.90. The number of hydrogen-bond donors (Lipinski definition) is 1. The van der Waals surface area contributed by atoms with Gasteiger partial charge in [-0.25, -0.2) is 13.1 Å². The summed E-state index contributed by atoms with van der Waals surface area (Å²) in [5.74, 6) is -0.807. The topological polar surface area (TPSA) is 94.8 Å². The number of para-hydroxylation sites is 1. The maximum Gasteiger partial charge on any atom is 0.300 e. The van der Waals surface area contributed by atoms with E-state index in [1.807, 2.05) is 6.07 Å². The lowest BCUT2D eigenvalue weighted by Crippen LogP contribution is -2.41. The first kappa shape index (κ1) is 16.9. The first-order chi connectivity index (χ1) is 11.5. The summed E-state index contributed by atoms with van der Waals surface area (Å²) < 4.78 is 42.8. The van der Waals surface area contributed by atoms with Crippen LogP contribution in [0.2, 0.25) is 0 Å². The Morgan fingerprint density at radius 3 is 2.71 bits per heavy atom. The Bertz CT molecular complexity index is 835. The normalized spacial score (nSPS) is 16.4. The second kappa shape index (κ2) is 6.92. The molecule has 1 fully saturated rings. The Morgan fingerprint density at radius 2 is 2.00 bits per heavy atom. The fourth-order valence-electron chi connectivity index (χ4n) is 2.81. The Labute approximate surface area is 140 Å². The van der Waals surface area contributed by atoms with Gasteiger partial charge in [-0.2, -0.15) is 0 Å². The van der Waals surface area contributed by atoms with E-state index in [1.54, 1.807) is 18.2 Å². The molecular formula is C16H19NO6S. The zero-order valence-electron chi connectivity index (χ0n) is 13.3. The number of amides is 1. The molecule has 1 aliphatic rings. The maximum absolute atomic E-state index is 12.5. The molecule has 8 heteroatoms. The van der Waals surface area contributed by atoms with E-state index >= 15 is 0 Å². The second-order valence-corrected chi connectivity index (χ2v) is 7.59. The molecule has 0 saturated carbocycles. The van der Waals surface area contributed by atoms with Crippen molar-refractivity contribution in [1.82, 2.24) is 4.72 Å². The summed E-state index contributed by atoms with van der Waals surface area (Å²) in [6.07, 6.45) is 0.737. The van der Waals surface area contributed by atoms with E-state index in [0.717, 1.165) is 5.39 Å². The van der Waals surface area contributed by atoms with Crippen LogP contribution < -0.4 is 4.72 Å². The molecule has 0 aliphatic carbocycles. The third-order valence-electron chi connectivity index (χ3n) is 4.04. The van der Waals surface area contributed by atoms with Gasteiger partial charge in [0.1, 0.15) is 5.58 Å². The quantitative estimate of drug-likeness (QED) is 0.881.